The summed E-state index contributed by atoms with van der Waals surface area (Å²) < 4.78 is 1.59. The number of nitrogens with zero attached hydrogens (tertiary/aromatic N) is 3. The predicted octanol–water partition coefficient (Wildman–Crippen LogP) is 2.84. The molecule has 3 aromatic rings. The van der Waals surface area contributed by atoms with Gasteiger partial charge in [-0.05, 0) is 29.8 Å². The Kier molecular flexibility index (Phi) is 4.27. The Bertz CT molecular complexity index is 973. The van der Waals surface area contributed by atoms with Crippen LogP contribution in [0, 0.1) is 6.92 Å². The first-order valence-corrected chi connectivity index (χ1v) is 7.94. The molecule has 2 aromatic carbocycles. The Hall–Kier alpha value is -3.15. The molecule has 1 heterocycles. The average Bonchev–Trinajstić information content (AvgIpc) is 2.88. The summed E-state index contributed by atoms with van der Waals surface area (Å²) in [6.45, 7) is 1.81. The quantitative estimate of drug-likeness (QED) is 0.800. The van der Waals surface area contributed by atoms with Crippen molar-refractivity contribution < 1.29 is 9.59 Å². The van der Waals surface area contributed by atoms with Crippen LogP contribution < -0.4 is 5.32 Å². The third-order valence-electron chi connectivity index (χ3n) is 4.19. The smallest absolute Gasteiger partial charge is 0.276 e. The molecule has 0 saturated heterocycles. The van der Waals surface area contributed by atoms with E-state index in [0.29, 0.717) is 11.3 Å². The van der Waals surface area contributed by atoms with E-state index in [0.717, 1.165) is 16.5 Å². The molecular formula is C19H20N4O2. The Morgan fingerprint density at radius 1 is 1.08 bits per heavy atom. The Morgan fingerprint density at radius 3 is 2.44 bits per heavy atom. The van der Waals surface area contributed by atoms with Crippen LogP contribution in [0.25, 0.3) is 10.8 Å². The molecule has 0 aliphatic carbocycles. The van der Waals surface area contributed by atoms with Gasteiger partial charge in [-0.1, -0.05) is 30.3 Å². The predicted molar refractivity (Wildman–Crippen MR) is 97.9 cm³/mol. The molecule has 1 N–H and O–H groups in total. The number of amides is 2. The lowest BCUT2D eigenvalue weighted by molar-refractivity contribution is 0.0822. The topological polar surface area (TPSA) is 67.2 Å². The molecule has 25 heavy (non-hydrogen) atoms. The van der Waals surface area contributed by atoms with Gasteiger partial charge in [0.2, 0.25) is 0 Å². The Balaban J connectivity index is 1.96. The van der Waals surface area contributed by atoms with E-state index >= 15 is 0 Å². The highest BCUT2D eigenvalue weighted by Gasteiger charge is 2.23. The molecule has 0 fully saturated rings. The summed E-state index contributed by atoms with van der Waals surface area (Å²) in [7, 11) is 5.05. The lowest BCUT2D eigenvalue weighted by atomic mass is 10.1. The standard InChI is InChI=1S/C19H20N4O2/c1-12-16(17(21-23(12)4)19(25)22(2)3)20-18(24)15-10-9-13-7-5-6-8-14(13)11-15/h5-11H,1-4H3,(H,20,24). The molecule has 1 aromatic heterocycles. The minimum absolute atomic E-state index is 0.235. The van der Waals surface area contributed by atoms with Gasteiger partial charge in [-0.25, -0.2) is 0 Å². The Labute approximate surface area is 146 Å². The first-order valence-electron chi connectivity index (χ1n) is 7.94. The van der Waals surface area contributed by atoms with Gasteiger partial charge in [0.05, 0.1) is 11.4 Å². The number of hydrogen-bond acceptors (Lipinski definition) is 3. The summed E-state index contributed by atoms with van der Waals surface area (Å²) in [5, 5.41) is 9.14. The molecule has 0 atom stereocenters. The molecule has 6 heteroatoms. The number of carbonyl (C=O) groups is 2. The van der Waals surface area contributed by atoms with Crippen molar-refractivity contribution in [1.82, 2.24) is 14.7 Å². The van der Waals surface area contributed by atoms with Crippen LogP contribution in [0.3, 0.4) is 0 Å². The maximum Gasteiger partial charge on any atom is 0.276 e. The van der Waals surface area contributed by atoms with Gasteiger partial charge in [0.15, 0.2) is 5.69 Å². The second kappa shape index (κ2) is 6.39. The van der Waals surface area contributed by atoms with Crippen LogP contribution in [0.15, 0.2) is 42.5 Å². The van der Waals surface area contributed by atoms with E-state index in [1.165, 1.54) is 4.90 Å². The maximum atomic E-state index is 12.7. The largest absolute Gasteiger partial charge is 0.343 e. The van der Waals surface area contributed by atoms with E-state index in [1.54, 1.807) is 31.9 Å². The van der Waals surface area contributed by atoms with Crippen LogP contribution in [0.4, 0.5) is 5.69 Å². The molecule has 6 nitrogen and oxygen atoms in total. The summed E-state index contributed by atoms with van der Waals surface area (Å²) in [6, 6.07) is 13.4. The normalized spacial score (nSPS) is 10.7. The van der Waals surface area contributed by atoms with Gasteiger partial charge in [0.25, 0.3) is 11.8 Å². The first-order chi connectivity index (χ1) is 11.9. The monoisotopic (exact) mass is 336 g/mol. The molecule has 3 rings (SSSR count). The molecule has 128 valence electrons. The van der Waals surface area contributed by atoms with Gasteiger partial charge >= 0.3 is 0 Å². The van der Waals surface area contributed by atoms with Gasteiger partial charge in [-0.15, -0.1) is 0 Å². The zero-order valence-electron chi connectivity index (χ0n) is 14.7. The second-order valence-corrected chi connectivity index (χ2v) is 6.15. The number of anilines is 1. The van der Waals surface area contributed by atoms with E-state index in [9.17, 15) is 9.59 Å². The number of carbonyl (C=O) groups excluding carboxylic acids is 2. The molecule has 2 amide bonds. The van der Waals surface area contributed by atoms with Crippen LogP contribution >= 0.6 is 0 Å². The zero-order chi connectivity index (χ0) is 18.1. The summed E-state index contributed by atoms with van der Waals surface area (Å²) in [5.74, 6) is -0.521. The molecule has 0 saturated carbocycles. The van der Waals surface area contributed by atoms with Gasteiger partial charge < -0.3 is 10.2 Å². The van der Waals surface area contributed by atoms with Crippen molar-refractivity contribution in [2.24, 2.45) is 7.05 Å². The maximum absolute atomic E-state index is 12.7. The van der Waals surface area contributed by atoms with Crippen LogP contribution in [-0.4, -0.2) is 40.6 Å². The summed E-state index contributed by atoms with van der Waals surface area (Å²) >= 11 is 0. The van der Waals surface area contributed by atoms with Crippen LogP contribution in [0.1, 0.15) is 26.5 Å². The van der Waals surface area contributed by atoms with Crippen molar-refractivity contribution in [1.29, 1.82) is 0 Å². The fourth-order valence-electron chi connectivity index (χ4n) is 2.64. The number of fused-ring (bicyclic) bond motifs is 1. The molecular weight excluding hydrogens is 316 g/mol. The third kappa shape index (κ3) is 3.10. The fraction of sp³-hybridized carbons (Fsp3) is 0.211. The average molecular weight is 336 g/mol. The van der Waals surface area contributed by atoms with Crippen LogP contribution in [-0.2, 0) is 7.05 Å². The number of benzene rings is 2. The van der Waals surface area contributed by atoms with Crippen molar-refractivity contribution in [3.05, 3.63) is 59.4 Å². The van der Waals surface area contributed by atoms with Gasteiger partial charge in [0, 0.05) is 26.7 Å². The highest BCUT2D eigenvalue weighted by molar-refractivity contribution is 6.10. The Morgan fingerprint density at radius 2 is 1.76 bits per heavy atom. The van der Waals surface area contributed by atoms with E-state index in [1.807, 2.05) is 43.3 Å². The van der Waals surface area contributed by atoms with Crippen molar-refractivity contribution in [3.63, 3.8) is 0 Å². The van der Waals surface area contributed by atoms with Gasteiger partial charge in [0.1, 0.15) is 0 Å². The van der Waals surface area contributed by atoms with Crippen molar-refractivity contribution in [3.8, 4) is 0 Å². The number of aromatic nitrogens is 2. The number of rotatable bonds is 3. The van der Waals surface area contributed by atoms with E-state index < -0.39 is 0 Å². The minimum atomic E-state index is -0.269. The number of aryl methyl sites for hydroxylation is 1. The lowest BCUT2D eigenvalue weighted by Gasteiger charge is -2.11. The molecule has 0 radical (unpaired) electrons. The highest BCUT2D eigenvalue weighted by atomic mass is 16.2. The summed E-state index contributed by atoms with van der Waals surface area (Å²) in [6.07, 6.45) is 0. The SMILES string of the molecule is Cc1c(NC(=O)c2ccc3ccccc3c2)c(C(=O)N(C)C)nn1C. The van der Waals surface area contributed by atoms with E-state index in [2.05, 4.69) is 10.4 Å². The minimum Gasteiger partial charge on any atom is -0.343 e. The highest BCUT2D eigenvalue weighted by Crippen LogP contribution is 2.22. The lowest BCUT2D eigenvalue weighted by Crippen LogP contribution is -2.24. The van der Waals surface area contributed by atoms with E-state index in [4.69, 9.17) is 0 Å². The van der Waals surface area contributed by atoms with Crippen LogP contribution in [0.2, 0.25) is 0 Å². The van der Waals surface area contributed by atoms with Crippen molar-refractivity contribution in [2.75, 3.05) is 19.4 Å². The number of nitrogens with one attached hydrogen (secondary N) is 1. The molecule has 0 aliphatic rings. The van der Waals surface area contributed by atoms with Gasteiger partial charge in [-0.2, -0.15) is 5.10 Å². The number of hydrogen-bond donors (Lipinski definition) is 1. The van der Waals surface area contributed by atoms with Crippen molar-refractivity contribution >= 4 is 28.3 Å². The van der Waals surface area contributed by atoms with E-state index in [-0.39, 0.29) is 17.5 Å². The first kappa shape index (κ1) is 16.7. The molecule has 0 spiro atoms. The molecule has 0 unspecified atom stereocenters. The third-order valence-corrected chi connectivity index (χ3v) is 4.19. The zero-order valence-corrected chi connectivity index (χ0v) is 14.7. The van der Waals surface area contributed by atoms with Crippen LogP contribution in [0.5, 0.6) is 0 Å². The summed E-state index contributed by atoms with van der Waals surface area (Å²) in [4.78, 5) is 26.5. The van der Waals surface area contributed by atoms with Gasteiger partial charge in [-0.3, -0.25) is 14.3 Å². The fourth-order valence-corrected chi connectivity index (χ4v) is 2.64. The molecule has 0 aliphatic heterocycles. The summed E-state index contributed by atoms with van der Waals surface area (Å²) in [5.41, 5.74) is 1.93. The molecule has 0 bridgehead atoms. The second-order valence-electron chi connectivity index (χ2n) is 6.15. The van der Waals surface area contributed by atoms with Crippen molar-refractivity contribution in [2.45, 2.75) is 6.92 Å².